The van der Waals surface area contributed by atoms with Crippen molar-refractivity contribution < 1.29 is 9.59 Å². The molecule has 1 aliphatic heterocycles. The van der Waals surface area contributed by atoms with Gasteiger partial charge in [-0.25, -0.2) is 0 Å². The zero-order chi connectivity index (χ0) is 18.0. The van der Waals surface area contributed by atoms with Crippen LogP contribution in [0.15, 0.2) is 30.3 Å². The van der Waals surface area contributed by atoms with E-state index in [9.17, 15) is 9.59 Å². The minimum absolute atomic E-state index is 0.144. The summed E-state index contributed by atoms with van der Waals surface area (Å²) in [5.41, 5.74) is 1.10. The molecule has 1 aromatic rings. The molecule has 1 saturated carbocycles. The molecule has 2 fully saturated rings. The van der Waals surface area contributed by atoms with Crippen LogP contribution in [0, 0.1) is 17.3 Å². The van der Waals surface area contributed by atoms with E-state index in [2.05, 4.69) is 18.7 Å². The Morgan fingerprint density at radius 2 is 1.68 bits per heavy atom. The molecule has 3 rings (SSSR count). The van der Waals surface area contributed by atoms with Gasteiger partial charge in [0.25, 0.3) is 5.91 Å². The highest BCUT2D eigenvalue weighted by Crippen LogP contribution is 2.61. The lowest BCUT2D eigenvalue weighted by Crippen LogP contribution is -2.48. The van der Waals surface area contributed by atoms with E-state index in [1.807, 2.05) is 35.2 Å². The molecule has 0 N–H and O–H groups in total. The molecular formula is C21H30N2O2. The molecule has 4 heteroatoms. The summed E-state index contributed by atoms with van der Waals surface area (Å²) in [5, 5.41) is 0. The van der Waals surface area contributed by atoms with Gasteiger partial charge in [0.15, 0.2) is 0 Å². The second kappa shape index (κ2) is 7.28. The lowest BCUT2D eigenvalue weighted by Gasteiger charge is -2.35. The van der Waals surface area contributed by atoms with E-state index in [-0.39, 0.29) is 5.91 Å². The normalized spacial score (nSPS) is 25.6. The van der Waals surface area contributed by atoms with E-state index in [0.29, 0.717) is 23.0 Å². The van der Waals surface area contributed by atoms with Crippen molar-refractivity contribution in [2.45, 2.75) is 33.6 Å². The molecule has 2 atom stereocenters. The van der Waals surface area contributed by atoms with Gasteiger partial charge in [0.05, 0.1) is 0 Å². The van der Waals surface area contributed by atoms with Gasteiger partial charge in [-0.2, -0.15) is 0 Å². The van der Waals surface area contributed by atoms with Crippen LogP contribution in [0.3, 0.4) is 0 Å². The summed E-state index contributed by atoms with van der Waals surface area (Å²) >= 11 is 0. The van der Waals surface area contributed by atoms with Gasteiger partial charge >= 0.3 is 0 Å². The van der Waals surface area contributed by atoms with Crippen molar-refractivity contribution in [3.8, 4) is 0 Å². The third-order valence-corrected chi connectivity index (χ3v) is 6.23. The van der Waals surface area contributed by atoms with E-state index in [0.717, 1.165) is 51.1 Å². The summed E-state index contributed by atoms with van der Waals surface area (Å²) in [6, 6.07) is 9.54. The molecule has 25 heavy (non-hydrogen) atoms. The maximum atomic E-state index is 12.5. The number of benzene rings is 1. The average Bonchev–Trinajstić information content (AvgIpc) is 3.12. The van der Waals surface area contributed by atoms with Gasteiger partial charge in [-0.05, 0) is 49.3 Å². The number of amides is 1. The van der Waals surface area contributed by atoms with Crippen LogP contribution >= 0.6 is 0 Å². The first kappa shape index (κ1) is 18.1. The van der Waals surface area contributed by atoms with Gasteiger partial charge in [0.2, 0.25) is 0 Å². The monoisotopic (exact) mass is 342 g/mol. The molecule has 1 amide bonds. The summed E-state index contributed by atoms with van der Waals surface area (Å²) in [7, 11) is 0. The second-order valence-corrected chi connectivity index (χ2v) is 8.23. The molecule has 1 saturated heterocycles. The van der Waals surface area contributed by atoms with Crippen LogP contribution in [-0.4, -0.2) is 54.2 Å². The Morgan fingerprint density at radius 3 is 2.28 bits per heavy atom. The molecular weight excluding hydrogens is 312 g/mol. The van der Waals surface area contributed by atoms with Gasteiger partial charge in [0, 0.05) is 38.2 Å². The van der Waals surface area contributed by atoms with Gasteiger partial charge in [-0.15, -0.1) is 0 Å². The Labute approximate surface area is 151 Å². The highest BCUT2D eigenvalue weighted by molar-refractivity contribution is 5.94. The van der Waals surface area contributed by atoms with E-state index in [4.69, 9.17) is 0 Å². The van der Waals surface area contributed by atoms with Crippen molar-refractivity contribution in [2.24, 2.45) is 17.3 Å². The molecule has 0 spiro atoms. The third kappa shape index (κ3) is 4.12. The topological polar surface area (TPSA) is 40.6 Å². The number of piperazine rings is 1. The van der Waals surface area contributed by atoms with Crippen LogP contribution in [-0.2, 0) is 4.79 Å². The highest BCUT2D eigenvalue weighted by atomic mass is 16.2. The summed E-state index contributed by atoms with van der Waals surface area (Å²) in [5.74, 6) is 1.69. The van der Waals surface area contributed by atoms with E-state index in [1.165, 1.54) is 0 Å². The number of nitrogens with zero attached hydrogens (tertiary/aromatic N) is 2. The van der Waals surface area contributed by atoms with Crippen LogP contribution in [0.4, 0.5) is 0 Å². The zero-order valence-corrected chi connectivity index (χ0v) is 15.7. The molecule has 0 unspecified atom stereocenters. The number of Topliss-reactive ketones (excluding diaryl/α,β-unsaturated/α-hetero) is 1. The van der Waals surface area contributed by atoms with Gasteiger partial charge in [-0.3, -0.25) is 9.69 Å². The first-order valence-electron chi connectivity index (χ1n) is 9.45. The van der Waals surface area contributed by atoms with Crippen LogP contribution in [0.2, 0.25) is 0 Å². The molecule has 136 valence electrons. The minimum atomic E-state index is 0.144. The minimum Gasteiger partial charge on any atom is -0.336 e. The Morgan fingerprint density at radius 1 is 1.04 bits per heavy atom. The number of carbonyl (C=O) groups is 2. The summed E-state index contributed by atoms with van der Waals surface area (Å²) < 4.78 is 0. The van der Waals surface area contributed by atoms with Crippen LogP contribution in [0.25, 0.3) is 0 Å². The second-order valence-electron chi connectivity index (χ2n) is 8.23. The first-order chi connectivity index (χ1) is 11.9. The van der Waals surface area contributed by atoms with Crippen LogP contribution in [0.5, 0.6) is 0 Å². The largest absolute Gasteiger partial charge is 0.336 e. The molecule has 0 aromatic heterocycles. The Balaban J connectivity index is 1.43. The number of carbonyl (C=O) groups excluding carboxylic acids is 2. The lowest BCUT2D eigenvalue weighted by molar-refractivity contribution is -0.117. The average molecular weight is 342 g/mol. The van der Waals surface area contributed by atoms with Crippen LogP contribution < -0.4 is 0 Å². The quantitative estimate of drug-likeness (QED) is 0.798. The first-order valence-corrected chi connectivity index (χ1v) is 9.45. The molecule has 0 bridgehead atoms. The molecule has 1 heterocycles. The molecule has 1 aliphatic carbocycles. The third-order valence-electron chi connectivity index (χ3n) is 6.23. The Kier molecular flexibility index (Phi) is 5.28. The molecule has 2 aliphatic rings. The lowest BCUT2D eigenvalue weighted by atomic mass is 10.1. The standard InChI is InChI=1S/C21H30N2O2/c1-16(24)15-19-18(21(19,2)3)9-10-22-11-13-23(14-12-22)20(25)17-7-5-4-6-8-17/h4-8,18-19H,9-15H2,1-3H3/t18-,19+/m1/s1. The predicted molar refractivity (Wildman–Crippen MR) is 99.5 cm³/mol. The van der Waals surface area contributed by atoms with Crippen molar-refractivity contribution in [3.63, 3.8) is 0 Å². The van der Waals surface area contributed by atoms with Gasteiger partial charge in [-0.1, -0.05) is 32.0 Å². The van der Waals surface area contributed by atoms with Crippen molar-refractivity contribution in [2.75, 3.05) is 32.7 Å². The molecule has 1 aromatic carbocycles. The number of hydrogen-bond acceptors (Lipinski definition) is 3. The molecule has 4 nitrogen and oxygen atoms in total. The maximum Gasteiger partial charge on any atom is 0.253 e. The number of hydrogen-bond donors (Lipinski definition) is 0. The number of ketones is 1. The van der Waals surface area contributed by atoms with Crippen molar-refractivity contribution >= 4 is 11.7 Å². The van der Waals surface area contributed by atoms with E-state index < -0.39 is 0 Å². The van der Waals surface area contributed by atoms with Gasteiger partial charge < -0.3 is 9.69 Å². The van der Waals surface area contributed by atoms with E-state index in [1.54, 1.807) is 6.92 Å². The van der Waals surface area contributed by atoms with Crippen molar-refractivity contribution in [1.29, 1.82) is 0 Å². The predicted octanol–water partition coefficient (Wildman–Crippen LogP) is 3.09. The SMILES string of the molecule is CC(=O)C[C@H]1[C@@H](CCN2CCN(C(=O)c3ccccc3)CC2)C1(C)C. The Hall–Kier alpha value is -1.68. The number of rotatable bonds is 6. The fourth-order valence-electron chi connectivity index (χ4n) is 4.41. The maximum absolute atomic E-state index is 12.5. The zero-order valence-electron chi connectivity index (χ0n) is 15.7. The highest BCUT2D eigenvalue weighted by Gasteiger charge is 2.56. The van der Waals surface area contributed by atoms with E-state index >= 15 is 0 Å². The fourth-order valence-corrected chi connectivity index (χ4v) is 4.41. The summed E-state index contributed by atoms with van der Waals surface area (Å²) in [4.78, 5) is 28.3. The smallest absolute Gasteiger partial charge is 0.253 e. The Bertz CT molecular complexity index is 618. The van der Waals surface area contributed by atoms with Crippen LogP contribution in [0.1, 0.15) is 44.0 Å². The van der Waals surface area contributed by atoms with Gasteiger partial charge in [0.1, 0.15) is 5.78 Å². The summed E-state index contributed by atoms with van der Waals surface area (Å²) in [6.45, 7) is 10.9. The fraction of sp³-hybridized carbons (Fsp3) is 0.619. The van der Waals surface area contributed by atoms with Crippen molar-refractivity contribution in [1.82, 2.24) is 9.80 Å². The van der Waals surface area contributed by atoms with Crippen molar-refractivity contribution in [3.05, 3.63) is 35.9 Å². The summed E-state index contributed by atoms with van der Waals surface area (Å²) in [6.07, 6.45) is 1.90. The molecule has 0 radical (unpaired) electrons.